The molecule has 68 valence electrons. The molecule has 14 heavy (non-hydrogen) atoms. The Hall–Kier alpha value is 0.491. The fourth-order valence-electron chi connectivity index (χ4n) is 0.911. The molecule has 0 spiro atoms. The van der Waals surface area contributed by atoms with E-state index in [1.807, 2.05) is 0 Å². The average molecular weight is 243 g/mol. The number of nitriles is 1. The van der Waals surface area contributed by atoms with E-state index in [9.17, 15) is 12.9 Å². The molecule has 0 radical (unpaired) electrons. The van der Waals surface area contributed by atoms with Crippen molar-refractivity contribution in [2.75, 3.05) is 0 Å². The Bertz CT molecular complexity index is 374. The van der Waals surface area contributed by atoms with Gasteiger partial charge in [0.15, 0.2) is 0 Å². The minimum atomic E-state index is -5.13. The van der Waals surface area contributed by atoms with E-state index in [1.165, 1.54) is 6.07 Å². The maximum absolute atomic E-state index is 12.2. The van der Waals surface area contributed by atoms with Crippen molar-refractivity contribution < 1.29 is 64.3 Å². The number of hydrogen-bond acceptors (Lipinski definition) is 1. The molecule has 0 saturated heterocycles. The van der Waals surface area contributed by atoms with Gasteiger partial charge in [-0.15, -0.1) is 0 Å². The Morgan fingerprint density at radius 2 is 1.86 bits per heavy atom. The molecule has 0 saturated carbocycles. The first kappa shape index (κ1) is 14.5. The van der Waals surface area contributed by atoms with E-state index in [0.717, 1.165) is 18.2 Å². The van der Waals surface area contributed by atoms with Gasteiger partial charge in [-0.05, 0) is 12.1 Å². The summed E-state index contributed by atoms with van der Waals surface area (Å²) in [6, 6.07) is 4.40. The zero-order valence-corrected chi connectivity index (χ0v) is 11.1. The molecule has 0 N–H and O–H groups in total. The molecule has 0 atom stereocenters. The van der Waals surface area contributed by atoms with Gasteiger partial charge in [0.05, 0.1) is 6.07 Å². The molecular weight excluding hydrogens is 240 g/mol. The Kier molecular flexibility index (Phi) is 5.74. The third-order valence-corrected chi connectivity index (χ3v) is 1.72. The molecule has 1 nitrogen and oxygen atoms in total. The largest absolute Gasteiger partial charge is 1.00 e. The van der Waals surface area contributed by atoms with Crippen molar-refractivity contribution in [3.8, 4) is 6.07 Å². The van der Waals surface area contributed by atoms with Gasteiger partial charge in [-0.1, -0.05) is 23.1 Å². The Morgan fingerprint density at radius 3 is 2.29 bits per heavy atom. The molecule has 0 aliphatic carbocycles. The maximum atomic E-state index is 12.2. The Balaban J connectivity index is 0.00000169. The second-order valence-electron chi connectivity index (χ2n) is 2.42. The third kappa shape index (κ3) is 3.57. The summed E-state index contributed by atoms with van der Waals surface area (Å²) >= 11 is 5.43. The van der Waals surface area contributed by atoms with Crippen LogP contribution >= 0.6 is 11.6 Å². The fourth-order valence-corrected chi connectivity index (χ4v) is 1.08. The summed E-state index contributed by atoms with van der Waals surface area (Å²) in [5, 5.41) is 8.53. The van der Waals surface area contributed by atoms with Crippen LogP contribution < -0.4 is 56.8 Å². The predicted molar refractivity (Wildman–Crippen MR) is 44.9 cm³/mol. The fraction of sp³-hybridized carbons (Fsp3) is 0. The standard InChI is InChI=1S/C7H3BClF3N.K/c9-6-1-2-7(8(10,11)12)5(3-6)4-13;/h1-3H;/q-1;+1. The minimum Gasteiger partial charge on any atom is -0.445 e. The van der Waals surface area contributed by atoms with Gasteiger partial charge in [0.1, 0.15) is 0 Å². The van der Waals surface area contributed by atoms with Crippen molar-refractivity contribution in [1.29, 1.82) is 5.26 Å². The van der Waals surface area contributed by atoms with Crippen LogP contribution in [0.3, 0.4) is 0 Å². The van der Waals surface area contributed by atoms with E-state index < -0.39 is 18.0 Å². The molecule has 0 bridgehead atoms. The number of hydrogen-bond donors (Lipinski definition) is 0. The van der Waals surface area contributed by atoms with Crippen LogP contribution in [0.5, 0.6) is 0 Å². The third-order valence-electron chi connectivity index (χ3n) is 1.49. The Labute approximate surface area is 127 Å². The van der Waals surface area contributed by atoms with Crippen LogP contribution in [0, 0.1) is 11.3 Å². The van der Waals surface area contributed by atoms with Crippen molar-refractivity contribution in [3.05, 3.63) is 28.8 Å². The summed E-state index contributed by atoms with van der Waals surface area (Å²) in [5.41, 5.74) is -1.33. The monoisotopic (exact) mass is 243 g/mol. The number of benzene rings is 1. The predicted octanol–water partition coefficient (Wildman–Crippen LogP) is -0.730. The molecule has 0 aliphatic heterocycles. The van der Waals surface area contributed by atoms with Crippen LogP contribution in [0.1, 0.15) is 5.56 Å². The molecule has 0 heterocycles. The Morgan fingerprint density at radius 1 is 1.29 bits per heavy atom. The normalized spacial score (nSPS) is 10.2. The smallest absolute Gasteiger partial charge is 0.445 e. The van der Waals surface area contributed by atoms with E-state index in [4.69, 9.17) is 16.9 Å². The molecule has 0 aromatic heterocycles. The summed E-state index contributed by atoms with van der Waals surface area (Å²) < 4.78 is 36.7. The van der Waals surface area contributed by atoms with E-state index in [-0.39, 0.29) is 56.4 Å². The van der Waals surface area contributed by atoms with Gasteiger partial charge in [0.2, 0.25) is 0 Å². The molecule has 1 rings (SSSR count). The molecule has 0 aliphatic rings. The summed E-state index contributed by atoms with van der Waals surface area (Å²) in [5.74, 6) is 0. The SMILES string of the molecule is N#Cc1cc(Cl)ccc1[B-](F)(F)F.[K+]. The quantitative estimate of drug-likeness (QED) is 0.597. The first-order chi connectivity index (χ1) is 5.95. The molecule has 1 aromatic carbocycles. The van der Waals surface area contributed by atoms with Gasteiger partial charge < -0.3 is 12.9 Å². The topological polar surface area (TPSA) is 23.8 Å². The van der Waals surface area contributed by atoms with Crippen LogP contribution in [0.4, 0.5) is 12.9 Å². The number of halogens is 4. The molecule has 1 aromatic rings. The van der Waals surface area contributed by atoms with E-state index >= 15 is 0 Å². The van der Waals surface area contributed by atoms with Crippen molar-refractivity contribution in [1.82, 2.24) is 0 Å². The molecule has 0 unspecified atom stereocenters. The van der Waals surface area contributed by atoms with Gasteiger partial charge in [0.25, 0.3) is 0 Å². The van der Waals surface area contributed by atoms with Gasteiger partial charge in [-0.25, -0.2) is 0 Å². The summed E-state index contributed by atoms with van der Waals surface area (Å²) in [4.78, 5) is 0. The maximum Gasteiger partial charge on any atom is 1.00 e. The summed E-state index contributed by atoms with van der Waals surface area (Å²) in [6.45, 7) is -5.13. The van der Waals surface area contributed by atoms with Crippen LogP contribution in [-0.2, 0) is 0 Å². The van der Waals surface area contributed by atoms with Crippen LogP contribution in [0.15, 0.2) is 18.2 Å². The molecule has 0 fully saturated rings. The van der Waals surface area contributed by atoms with E-state index in [2.05, 4.69) is 0 Å². The van der Waals surface area contributed by atoms with Crippen molar-refractivity contribution in [3.63, 3.8) is 0 Å². The number of rotatable bonds is 1. The second kappa shape index (κ2) is 5.54. The van der Waals surface area contributed by atoms with Gasteiger partial charge in [0, 0.05) is 10.6 Å². The zero-order valence-electron chi connectivity index (χ0n) is 7.27. The van der Waals surface area contributed by atoms with Gasteiger partial charge >= 0.3 is 58.4 Å². The zero-order chi connectivity index (χ0) is 10.1. The van der Waals surface area contributed by atoms with Crippen molar-refractivity contribution in [2.24, 2.45) is 0 Å². The molecule has 0 amide bonds. The summed E-state index contributed by atoms with van der Waals surface area (Å²) in [7, 11) is 0. The van der Waals surface area contributed by atoms with Crippen LogP contribution in [-0.4, -0.2) is 6.98 Å². The van der Waals surface area contributed by atoms with Gasteiger partial charge in [-0.2, -0.15) is 5.26 Å². The van der Waals surface area contributed by atoms with Crippen molar-refractivity contribution >= 4 is 24.0 Å². The summed E-state index contributed by atoms with van der Waals surface area (Å²) in [6.07, 6.45) is 0. The van der Waals surface area contributed by atoms with E-state index in [1.54, 1.807) is 0 Å². The number of nitrogens with zero attached hydrogens (tertiary/aromatic N) is 1. The first-order valence-electron chi connectivity index (χ1n) is 3.34. The average Bonchev–Trinajstić information content (AvgIpc) is 2.01. The van der Waals surface area contributed by atoms with Gasteiger partial charge in [-0.3, -0.25) is 0 Å². The minimum absolute atomic E-state index is 0. The van der Waals surface area contributed by atoms with Crippen LogP contribution in [0.25, 0.3) is 0 Å². The van der Waals surface area contributed by atoms with Crippen molar-refractivity contribution in [2.45, 2.75) is 0 Å². The van der Waals surface area contributed by atoms with Crippen LogP contribution in [0.2, 0.25) is 5.02 Å². The second-order valence-corrected chi connectivity index (χ2v) is 2.85. The van der Waals surface area contributed by atoms with E-state index in [0.29, 0.717) is 0 Å². The molecule has 7 heteroatoms. The first-order valence-corrected chi connectivity index (χ1v) is 3.72. The molecular formula is C7H3BClF3KN.